The van der Waals surface area contributed by atoms with E-state index in [0.717, 1.165) is 48.3 Å². The number of benzene rings is 4. The predicted octanol–water partition coefficient (Wildman–Crippen LogP) is 7.87. The monoisotopic (exact) mass is 842 g/mol. The molecule has 2 aliphatic heterocycles. The molecular formula is C45H42N6O9S. The lowest BCUT2D eigenvalue weighted by molar-refractivity contribution is -0.384. The van der Waals surface area contributed by atoms with Gasteiger partial charge in [-0.3, -0.25) is 19.7 Å². The second kappa shape index (κ2) is 16.8. The zero-order chi connectivity index (χ0) is 42.1. The number of rotatable bonds is 13. The van der Waals surface area contributed by atoms with Crippen molar-refractivity contribution in [3.05, 3.63) is 136 Å². The fraction of sp³-hybridized carbons (Fsp3) is 0.267. The zero-order valence-corrected chi connectivity index (χ0v) is 33.7. The summed E-state index contributed by atoms with van der Waals surface area (Å²) in [6.07, 6.45) is 7.08. The topological polar surface area (TPSA) is 195 Å². The summed E-state index contributed by atoms with van der Waals surface area (Å²) in [6.45, 7) is 2.04. The molecule has 3 aliphatic rings. The first-order chi connectivity index (χ1) is 29.6. The second-order valence-corrected chi connectivity index (χ2v) is 17.1. The number of pyridine rings is 1. The number of nitrogens with zero attached hydrogens (tertiary/aromatic N) is 3. The van der Waals surface area contributed by atoms with E-state index in [-0.39, 0.29) is 41.5 Å². The van der Waals surface area contributed by atoms with Crippen molar-refractivity contribution in [3.63, 3.8) is 0 Å². The van der Waals surface area contributed by atoms with Crippen LogP contribution in [0.5, 0.6) is 11.5 Å². The van der Waals surface area contributed by atoms with Gasteiger partial charge in [0.2, 0.25) is 0 Å². The van der Waals surface area contributed by atoms with Crippen molar-refractivity contribution in [2.45, 2.75) is 42.5 Å². The summed E-state index contributed by atoms with van der Waals surface area (Å²) in [5.41, 5.74) is 4.66. The summed E-state index contributed by atoms with van der Waals surface area (Å²) in [6, 6.07) is 27.2. The molecule has 0 bridgehead atoms. The predicted molar refractivity (Wildman–Crippen MR) is 227 cm³/mol. The van der Waals surface area contributed by atoms with Crippen LogP contribution in [0, 0.1) is 16.0 Å². The Bertz CT molecular complexity index is 2750. The van der Waals surface area contributed by atoms with Crippen LogP contribution >= 0.6 is 0 Å². The lowest BCUT2D eigenvalue weighted by Crippen LogP contribution is -2.44. The molecule has 2 saturated heterocycles. The van der Waals surface area contributed by atoms with Crippen LogP contribution in [0.3, 0.4) is 0 Å². The molecule has 1 saturated carbocycles. The summed E-state index contributed by atoms with van der Waals surface area (Å²) in [5.74, 6) is -0.0873. The molecule has 1 aliphatic carbocycles. The van der Waals surface area contributed by atoms with E-state index in [1.807, 2.05) is 42.5 Å². The molecule has 61 heavy (non-hydrogen) atoms. The average Bonchev–Trinajstić information content (AvgIpc) is 4.02. The Morgan fingerprint density at radius 1 is 0.918 bits per heavy atom. The van der Waals surface area contributed by atoms with Crippen LogP contribution in [-0.2, 0) is 24.3 Å². The van der Waals surface area contributed by atoms with E-state index in [1.54, 1.807) is 29.3 Å². The Morgan fingerprint density at radius 2 is 1.69 bits per heavy atom. The van der Waals surface area contributed by atoms with Crippen molar-refractivity contribution in [2.24, 2.45) is 5.92 Å². The number of nitro groups is 1. The summed E-state index contributed by atoms with van der Waals surface area (Å²) < 4.78 is 46.8. The number of sulfonamides is 1. The van der Waals surface area contributed by atoms with E-state index in [0.29, 0.717) is 54.9 Å². The van der Waals surface area contributed by atoms with Crippen LogP contribution < -0.4 is 19.7 Å². The third kappa shape index (κ3) is 8.55. The molecule has 0 radical (unpaired) electrons. The molecule has 0 spiro atoms. The molecule has 1 unspecified atom stereocenters. The highest BCUT2D eigenvalue weighted by molar-refractivity contribution is 7.90. The number of aromatic amines is 1. The van der Waals surface area contributed by atoms with Gasteiger partial charge in [-0.1, -0.05) is 42.5 Å². The third-order valence-corrected chi connectivity index (χ3v) is 12.7. The van der Waals surface area contributed by atoms with Gasteiger partial charge < -0.3 is 29.4 Å². The van der Waals surface area contributed by atoms with E-state index in [2.05, 4.69) is 32.1 Å². The number of hydrogen-bond acceptors (Lipinski definition) is 11. The number of ether oxygens (including phenoxy) is 3. The summed E-state index contributed by atoms with van der Waals surface area (Å²) in [5, 5.41) is 15.9. The maximum atomic E-state index is 13.9. The molecule has 16 heteroatoms. The number of nitrogens with one attached hydrogen (secondary N) is 3. The molecule has 15 nitrogen and oxygen atoms in total. The molecule has 4 aromatic carbocycles. The highest BCUT2D eigenvalue weighted by Crippen LogP contribution is 2.45. The highest BCUT2D eigenvalue weighted by atomic mass is 32.2. The first-order valence-corrected chi connectivity index (χ1v) is 21.6. The van der Waals surface area contributed by atoms with Crippen LogP contribution in [0.1, 0.15) is 59.1 Å². The highest BCUT2D eigenvalue weighted by Gasteiger charge is 2.36. The van der Waals surface area contributed by atoms with Crippen molar-refractivity contribution in [2.75, 3.05) is 43.2 Å². The van der Waals surface area contributed by atoms with Crippen molar-refractivity contribution in [3.8, 4) is 22.6 Å². The quantitative estimate of drug-likeness (QED) is 0.0756. The summed E-state index contributed by atoms with van der Waals surface area (Å²) >= 11 is 0. The SMILES string of the molecule is O=C(NS(=O)(=O)c1ccc(NCC2CCOCC2)c([N+](=O)[O-])c1)c1ccc(-c2ccc(N3C(=O)COCC3c3ccccc3C3CC3)cc2)cc1Oc1cnc2[nH]ccc2c1. The normalized spacial score (nSPS) is 17.3. The minimum absolute atomic E-state index is 0.0243. The van der Waals surface area contributed by atoms with Gasteiger partial charge in [-0.25, -0.2) is 18.1 Å². The van der Waals surface area contributed by atoms with Gasteiger partial charge >= 0.3 is 0 Å². The van der Waals surface area contributed by atoms with Gasteiger partial charge in [0.25, 0.3) is 27.5 Å². The van der Waals surface area contributed by atoms with Crippen molar-refractivity contribution in [1.82, 2.24) is 14.7 Å². The van der Waals surface area contributed by atoms with Crippen molar-refractivity contribution >= 4 is 49.9 Å². The third-order valence-electron chi connectivity index (χ3n) is 11.4. The largest absolute Gasteiger partial charge is 0.455 e. The van der Waals surface area contributed by atoms with Gasteiger partial charge in [0.05, 0.1) is 34.2 Å². The Labute approximate surface area is 351 Å². The van der Waals surface area contributed by atoms with E-state index in [9.17, 15) is 28.1 Å². The number of hydrogen-bond donors (Lipinski definition) is 3. The van der Waals surface area contributed by atoms with Gasteiger partial charge in [0.15, 0.2) is 0 Å². The van der Waals surface area contributed by atoms with Crippen LogP contribution in [0.15, 0.2) is 114 Å². The minimum atomic E-state index is -4.60. The van der Waals surface area contributed by atoms with Crippen LogP contribution in [0.4, 0.5) is 17.1 Å². The van der Waals surface area contributed by atoms with Gasteiger partial charge in [0.1, 0.15) is 29.4 Å². The van der Waals surface area contributed by atoms with Crippen LogP contribution in [0.2, 0.25) is 0 Å². The van der Waals surface area contributed by atoms with E-state index >= 15 is 0 Å². The molecule has 2 aromatic heterocycles. The van der Waals surface area contributed by atoms with Crippen LogP contribution in [-0.4, -0.2) is 68.1 Å². The maximum Gasteiger partial charge on any atom is 0.293 e. The standard InChI is InChI=1S/C45H42N6O9S/c52-43-27-59-26-41(37-4-2-1-3-36(37)30-5-6-30)50(43)33-10-7-29(8-11-33)31-9-13-38(42(22-31)60-34-21-32-15-18-46-44(32)48-25-34)45(53)49-61(56,57)35-12-14-39(40(23-35)51(54)55)47-24-28-16-19-58-20-17-28/h1-4,7-15,18,21-23,25,28,30,41,47H,5-6,16-17,19-20,24,26-27H2,(H,46,48)(H,49,53). The molecule has 9 rings (SSSR count). The Hall–Kier alpha value is -6.62. The number of nitro benzene ring substituents is 1. The number of carbonyl (C=O) groups excluding carboxylic acids is 2. The fourth-order valence-electron chi connectivity index (χ4n) is 8.02. The lowest BCUT2D eigenvalue weighted by atomic mass is 9.95. The summed E-state index contributed by atoms with van der Waals surface area (Å²) in [7, 11) is -4.60. The number of H-pyrrole nitrogens is 1. The minimum Gasteiger partial charge on any atom is -0.455 e. The van der Waals surface area contributed by atoms with E-state index in [1.165, 1.54) is 30.0 Å². The van der Waals surface area contributed by atoms with E-state index < -0.39 is 31.4 Å². The second-order valence-electron chi connectivity index (χ2n) is 15.5. The summed E-state index contributed by atoms with van der Waals surface area (Å²) in [4.78, 5) is 47.5. The number of anilines is 2. The molecule has 1 atom stereocenters. The number of carbonyl (C=O) groups is 2. The van der Waals surface area contributed by atoms with Gasteiger partial charge in [0, 0.05) is 43.1 Å². The zero-order valence-electron chi connectivity index (χ0n) is 32.9. The van der Waals surface area contributed by atoms with Crippen molar-refractivity contribution < 1.29 is 37.1 Å². The van der Waals surface area contributed by atoms with Crippen molar-refractivity contribution in [1.29, 1.82) is 0 Å². The Balaban J connectivity index is 0.995. The first kappa shape index (κ1) is 39.8. The molecule has 312 valence electrons. The molecule has 3 N–H and O–H groups in total. The van der Waals surface area contributed by atoms with Gasteiger partial charge in [-0.15, -0.1) is 0 Å². The number of aromatic nitrogens is 2. The Morgan fingerprint density at radius 3 is 2.46 bits per heavy atom. The number of amides is 2. The fourth-order valence-corrected chi connectivity index (χ4v) is 9.01. The Kier molecular flexibility index (Phi) is 11.0. The molecule has 6 aromatic rings. The van der Waals surface area contributed by atoms with E-state index in [4.69, 9.17) is 14.2 Å². The average molecular weight is 843 g/mol. The smallest absolute Gasteiger partial charge is 0.293 e. The number of fused-ring (bicyclic) bond motifs is 1. The first-order valence-electron chi connectivity index (χ1n) is 20.1. The van der Waals surface area contributed by atoms with Gasteiger partial charge in [-0.2, -0.15) is 0 Å². The molecule has 3 fully saturated rings. The maximum absolute atomic E-state index is 13.9. The van der Waals surface area contributed by atoms with Crippen LogP contribution in [0.25, 0.3) is 22.2 Å². The molecular weight excluding hydrogens is 801 g/mol. The molecule has 2 amide bonds. The lowest BCUT2D eigenvalue weighted by Gasteiger charge is -2.37. The number of morpholine rings is 1. The molecule has 4 heterocycles. The van der Waals surface area contributed by atoms with Gasteiger partial charge in [-0.05, 0) is 108 Å².